The van der Waals surface area contributed by atoms with E-state index < -0.39 is 0 Å². The molecule has 0 atom stereocenters. The topological polar surface area (TPSA) is 104 Å². The maximum atomic E-state index is 12.4. The van der Waals surface area contributed by atoms with Gasteiger partial charge in [-0.05, 0) is 68.8 Å². The summed E-state index contributed by atoms with van der Waals surface area (Å²) in [6, 6.07) is 20.4. The normalized spacial score (nSPS) is 10.4. The molecule has 33 heavy (non-hydrogen) atoms. The number of carbonyl (C=O) groups excluding carboxylic acids is 1. The molecule has 2 heterocycles. The number of hydrogen-bond acceptors (Lipinski definition) is 6. The fraction of sp³-hybridized carbons (Fsp3) is 0.120. The Hall–Kier alpha value is -4.46. The summed E-state index contributed by atoms with van der Waals surface area (Å²) in [4.78, 5) is 25.5. The smallest absolute Gasteiger partial charge is 0.323 e. The van der Waals surface area contributed by atoms with Crippen molar-refractivity contribution in [2.75, 3.05) is 21.3 Å². The maximum Gasteiger partial charge on any atom is 0.323 e. The SMILES string of the molecule is Cc1ccc(NC(=O)Nc2ccc(Nc3cc(Nc4ccccn4)nc(C)n3)cc2)c(C)c1. The first-order valence-corrected chi connectivity index (χ1v) is 10.5. The highest BCUT2D eigenvalue weighted by Crippen LogP contribution is 2.22. The van der Waals surface area contributed by atoms with Crippen LogP contribution in [0.15, 0.2) is 72.9 Å². The molecule has 4 aromatic rings. The van der Waals surface area contributed by atoms with Crippen LogP contribution in [0.4, 0.5) is 39.3 Å². The quantitative estimate of drug-likeness (QED) is 0.297. The molecule has 166 valence electrons. The van der Waals surface area contributed by atoms with Crippen molar-refractivity contribution >= 4 is 40.5 Å². The van der Waals surface area contributed by atoms with E-state index in [-0.39, 0.29) is 6.03 Å². The lowest BCUT2D eigenvalue weighted by Gasteiger charge is -2.12. The average molecular weight is 440 g/mol. The molecular formula is C25H25N7O. The highest BCUT2D eigenvalue weighted by Gasteiger charge is 2.07. The summed E-state index contributed by atoms with van der Waals surface area (Å²) in [5.41, 5.74) is 4.46. The van der Waals surface area contributed by atoms with Crippen LogP contribution in [-0.4, -0.2) is 21.0 Å². The molecule has 0 radical (unpaired) electrons. The number of anilines is 6. The third kappa shape index (κ3) is 6.04. The predicted molar refractivity (Wildman–Crippen MR) is 133 cm³/mol. The van der Waals surface area contributed by atoms with Crippen molar-refractivity contribution in [3.05, 3.63) is 89.9 Å². The van der Waals surface area contributed by atoms with Gasteiger partial charge in [-0.25, -0.2) is 19.7 Å². The van der Waals surface area contributed by atoms with Crippen LogP contribution in [0.2, 0.25) is 0 Å². The van der Waals surface area contributed by atoms with E-state index in [0.717, 1.165) is 22.5 Å². The van der Waals surface area contributed by atoms with Gasteiger partial charge >= 0.3 is 6.03 Å². The van der Waals surface area contributed by atoms with Crippen molar-refractivity contribution in [1.82, 2.24) is 15.0 Å². The Bertz CT molecular complexity index is 1260. The lowest BCUT2D eigenvalue weighted by atomic mass is 10.1. The van der Waals surface area contributed by atoms with E-state index in [1.54, 1.807) is 6.20 Å². The van der Waals surface area contributed by atoms with E-state index >= 15 is 0 Å². The maximum absolute atomic E-state index is 12.4. The van der Waals surface area contributed by atoms with Gasteiger partial charge in [-0.15, -0.1) is 0 Å². The molecule has 4 N–H and O–H groups in total. The number of amides is 2. The zero-order valence-corrected chi connectivity index (χ0v) is 18.7. The largest absolute Gasteiger partial charge is 0.340 e. The molecule has 2 amide bonds. The molecule has 0 unspecified atom stereocenters. The highest BCUT2D eigenvalue weighted by atomic mass is 16.2. The second-order valence-corrected chi connectivity index (χ2v) is 7.63. The summed E-state index contributed by atoms with van der Waals surface area (Å²) in [5.74, 6) is 2.62. The Morgan fingerprint density at radius 1 is 0.727 bits per heavy atom. The van der Waals surface area contributed by atoms with Crippen molar-refractivity contribution in [3.8, 4) is 0 Å². The number of aryl methyl sites for hydroxylation is 3. The number of nitrogens with one attached hydrogen (secondary N) is 4. The highest BCUT2D eigenvalue weighted by molar-refractivity contribution is 6.00. The molecular weight excluding hydrogens is 414 g/mol. The van der Waals surface area contributed by atoms with Crippen LogP contribution < -0.4 is 21.3 Å². The molecule has 2 aromatic carbocycles. The van der Waals surface area contributed by atoms with E-state index in [4.69, 9.17) is 0 Å². The molecule has 0 aliphatic carbocycles. The van der Waals surface area contributed by atoms with Crippen molar-refractivity contribution in [3.63, 3.8) is 0 Å². The summed E-state index contributed by atoms with van der Waals surface area (Å²) in [7, 11) is 0. The summed E-state index contributed by atoms with van der Waals surface area (Å²) in [6.45, 7) is 5.82. The van der Waals surface area contributed by atoms with Crippen LogP contribution in [0.5, 0.6) is 0 Å². The Morgan fingerprint density at radius 2 is 1.45 bits per heavy atom. The molecule has 0 aliphatic rings. The van der Waals surface area contributed by atoms with Crippen LogP contribution in [-0.2, 0) is 0 Å². The minimum atomic E-state index is -0.292. The van der Waals surface area contributed by atoms with E-state index in [2.05, 4.69) is 36.2 Å². The molecule has 8 nitrogen and oxygen atoms in total. The Labute approximate surface area is 192 Å². The van der Waals surface area contributed by atoms with Gasteiger partial charge in [0.1, 0.15) is 23.3 Å². The third-order valence-electron chi connectivity index (χ3n) is 4.80. The van der Waals surface area contributed by atoms with E-state index in [1.165, 1.54) is 0 Å². The molecule has 0 aliphatic heterocycles. The average Bonchev–Trinajstić information content (AvgIpc) is 2.77. The summed E-state index contributed by atoms with van der Waals surface area (Å²) in [6.07, 6.45) is 1.72. The zero-order chi connectivity index (χ0) is 23.2. The molecule has 4 rings (SSSR count). The van der Waals surface area contributed by atoms with Crippen LogP contribution in [0.25, 0.3) is 0 Å². The van der Waals surface area contributed by atoms with Crippen LogP contribution in [0.1, 0.15) is 17.0 Å². The van der Waals surface area contributed by atoms with Crippen LogP contribution in [0.3, 0.4) is 0 Å². The number of benzene rings is 2. The van der Waals surface area contributed by atoms with Crippen LogP contribution in [0, 0.1) is 20.8 Å². The van der Waals surface area contributed by atoms with Gasteiger partial charge in [0.2, 0.25) is 0 Å². The molecule has 0 fully saturated rings. The van der Waals surface area contributed by atoms with Crippen molar-refractivity contribution < 1.29 is 4.79 Å². The number of nitrogens with zero attached hydrogens (tertiary/aromatic N) is 3. The summed E-state index contributed by atoms with van der Waals surface area (Å²) < 4.78 is 0. The van der Waals surface area contributed by atoms with Gasteiger partial charge < -0.3 is 21.3 Å². The third-order valence-corrected chi connectivity index (χ3v) is 4.80. The van der Waals surface area contributed by atoms with Gasteiger partial charge in [-0.1, -0.05) is 23.8 Å². The molecule has 8 heteroatoms. The van der Waals surface area contributed by atoms with E-state index in [0.29, 0.717) is 29.0 Å². The second-order valence-electron chi connectivity index (χ2n) is 7.63. The fourth-order valence-electron chi connectivity index (χ4n) is 3.29. The van der Waals surface area contributed by atoms with Gasteiger partial charge in [0, 0.05) is 29.3 Å². The molecule has 0 saturated carbocycles. The lowest BCUT2D eigenvalue weighted by molar-refractivity contribution is 0.262. The Kier molecular flexibility index (Phi) is 6.45. The lowest BCUT2D eigenvalue weighted by Crippen LogP contribution is -2.19. The van der Waals surface area contributed by atoms with Gasteiger partial charge in [0.25, 0.3) is 0 Å². The van der Waals surface area contributed by atoms with Crippen molar-refractivity contribution in [2.45, 2.75) is 20.8 Å². The molecule has 0 saturated heterocycles. The number of carbonyl (C=O) groups is 1. The minimum absolute atomic E-state index is 0.292. The number of hydrogen-bond donors (Lipinski definition) is 4. The number of pyridine rings is 1. The van der Waals surface area contributed by atoms with E-state index in [1.807, 2.05) is 87.5 Å². The molecule has 0 spiro atoms. The predicted octanol–water partition coefficient (Wildman–Crippen LogP) is 5.93. The minimum Gasteiger partial charge on any atom is -0.340 e. The monoisotopic (exact) mass is 439 g/mol. The number of urea groups is 1. The second kappa shape index (κ2) is 9.78. The first kappa shape index (κ1) is 21.8. The van der Waals surface area contributed by atoms with Gasteiger partial charge in [0.05, 0.1) is 0 Å². The first-order chi connectivity index (χ1) is 15.9. The van der Waals surface area contributed by atoms with E-state index in [9.17, 15) is 4.79 Å². The molecule has 2 aromatic heterocycles. The van der Waals surface area contributed by atoms with Crippen LogP contribution >= 0.6 is 0 Å². The van der Waals surface area contributed by atoms with Gasteiger partial charge in [-0.2, -0.15) is 0 Å². The van der Waals surface area contributed by atoms with Crippen molar-refractivity contribution in [1.29, 1.82) is 0 Å². The Morgan fingerprint density at radius 3 is 2.15 bits per heavy atom. The first-order valence-electron chi connectivity index (χ1n) is 10.5. The van der Waals surface area contributed by atoms with Gasteiger partial charge in [-0.3, -0.25) is 0 Å². The summed E-state index contributed by atoms with van der Waals surface area (Å²) >= 11 is 0. The number of rotatable bonds is 6. The Balaban J connectivity index is 1.39. The zero-order valence-electron chi connectivity index (χ0n) is 18.7. The molecule has 0 bridgehead atoms. The standard InChI is InChI=1S/C25H25N7O/c1-16-7-12-21(17(2)14-16)31-25(33)30-20-10-8-19(9-11-20)29-23-15-24(28-18(3)27-23)32-22-6-4-5-13-26-22/h4-15H,1-3H3,(H2,30,31,33)(H2,26,27,28,29,32). The fourth-order valence-corrected chi connectivity index (χ4v) is 3.29. The van der Waals surface area contributed by atoms with Gasteiger partial charge in [0.15, 0.2) is 0 Å². The number of aromatic nitrogens is 3. The summed E-state index contributed by atoms with van der Waals surface area (Å²) in [5, 5.41) is 12.2. The van der Waals surface area contributed by atoms with Crippen molar-refractivity contribution in [2.24, 2.45) is 0 Å².